The highest BCUT2D eigenvalue weighted by molar-refractivity contribution is 5.94. The number of aliphatic hydroxyl groups excluding tert-OH is 2. The van der Waals surface area contributed by atoms with Crippen LogP contribution in [0, 0.1) is 0 Å². The Morgan fingerprint density at radius 2 is 1.50 bits per heavy atom. The highest BCUT2D eigenvalue weighted by Crippen LogP contribution is 2.39. The predicted molar refractivity (Wildman–Crippen MR) is 219 cm³/mol. The molecule has 0 saturated carbocycles. The number of rotatable bonds is 16. The number of likely N-dealkylation sites (N-methyl/N-ethyl adjacent to an activating group) is 1. The third-order valence-corrected chi connectivity index (χ3v) is 10.4. The predicted octanol–water partition coefficient (Wildman–Crippen LogP) is 7.45. The van der Waals surface area contributed by atoms with E-state index in [0.717, 1.165) is 38.9 Å². The second kappa shape index (κ2) is 19.5. The molecule has 10 heteroatoms. The Hall–Kier alpha value is -5.36. The lowest BCUT2D eigenvalue weighted by atomic mass is 9.97. The van der Waals surface area contributed by atoms with Gasteiger partial charge in [0.2, 0.25) is 11.8 Å². The molecule has 1 aliphatic heterocycles. The molecule has 1 fully saturated rings. The van der Waals surface area contributed by atoms with Crippen molar-refractivity contribution in [2.75, 3.05) is 24.6 Å². The van der Waals surface area contributed by atoms with Crippen molar-refractivity contribution in [3.8, 4) is 11.1 Å². The van der Waals surface area contributed by atoms with Crippen molar-refractivity contribution in [1.29, 1.82) is 0 Å². The average molecular weight is 757 g/mol. The average Bonchev–Trinajstić information content (AvgIpc) is 3.23. The number of anilines is 2. The number of aliphatic hydroxyl groups is 2. The van der Waals surface area contributed by atoms with Gasteiger partial charge in [-0.25, -0.2) is 0 Å². The fourth-order valence-corrected chi connectivity index (χ4v) is 6.94. The number of nitrogens with two attached hydrogens (primary N) is 1. The van der Waals surface area contributed by atoms with E-state index in [4.69, 9.17) is 15.2 Å². The van der Waals surface area contributed by atoms with Crippen molar-refractivity contribution >= 4 is 23.2 Å². The van der Waals surface area contributed by atoms with Crippen molar-refractivity contribution in [3.63, 3.8) is 0 Å². The van der Waals surface area contributed by atoms with Crippen LogP contribution in [0.15, 0.2) is 127 Å². The maximum absolute atomic E-state index is 12.7. The van der Waals surface area contributed by atoms with Crippen LogP contribution in [0.5, 0.6) is 0 Å². The van der Waals surface area contributed by atoms with E-state index >= 15 is 0 Å². The van der Waals surface area contributed by atoms with Gasteiger partial charge in [-0.3, -0.25) is 14.5 Å². The largest absolute Gasteiger partial charge is 0.397 e. The number of carbonyl (C=O) groups is 2. The van der Waals surface area contributed by atoms with Crippen LogP contribution >= 0.6 is 0 Å². The van der Waals surface area contributed by atoms with Gasteiger partial charge in [-0.1, -0.05) is 103 Å². The highest BCUT2D eigenvalue weighted by atomic mass is 16.7. The van der Waals surface area contributed by atoms with Gasteiger partial charge < -0.3 is 36.1 Å². The first-order valence-corrected chi connectivity index (χ1v) is 19.2. The number of para-hydroxylation sites is 2. The van der Waals surface area contributed by atoms with Crippen LogP contribution < -0.4 is 16.4 Å². The highest BCUT2D eigenvalue weighted by Gasteiger charge is 2.34. The van der Waals surface area contributed by atoms with E-state index < -0.39 is 12.4 Å². The van der Waals surface area contributed by atoms with Crippen LogP contribution in [0.3, 0.4) is 0 Å². The molecular weight excluding hydrogens is 705 g/mol. The molecule has 6 rings (SSSR count). The van der Waals surface area contributed by atoms with Gasteiger partial charge >= 0.3 is 0 Å². The lowest BCUT2D eigenvalue weighted by molar-refractivity contribution is -0.253. The Morgan fingerprint density at radius 1 is 0.804 bits per heavy atom. The standard InChI is InChI=1S/C46H52N4O6/c1-31(45(54)35-12-4-3-5-13-35)50(2)29-39-27-42(34-23-21-32(30-51)22-24-34)56-46(55-39)38-16-9-15-37(26-38)36-14-8-11-33(25-36)28-48-43(52)19-10-20-44(53)49-41-18-7-6-17-40(41)47/h3-9,11-18,21-26,31,39,42,45-46,51,54H,10,19-20,27-30,47H2,1-2H3,(H,48,52)(H,49,53)/t31-,39+,42-,45-,46-/m0/s1. The fourth-order valence-electron chi connectivity index (χ4n) is 6.94. The van der Waals surface area contributed by atoms with Gasteiger partial charge in [0.25, 0.3) is 0 Å². The topological polar surface area (TPSA) is 146 Å². The molecule has 56 heavy (non-hydrogen) atoms. The monoisotopic (exact) mass is 756 g/mol. The normalized spacial score (nSPS) is 17.9. The van der Waals surface area contributed by atoms with Gasteiger partial charge in [-0.15, -0.1) is 0 Å². The van der Waals surface area contributed by atoms with Crippen LogP contribution in [-0.4, -0.2) is 52.7 Å². The Labute approximate surface area is 329 Å². The quantitative estimate of drug-likeness (QED) is 0.0653. The van der Waals surface area contributed by atoms with Crippen LogP contribution in [0.4, 0.5) is 11.4 Å². The number of ether oxygens (including phenoxy) is 2. The molecule has 1 aliphatic rings. The van der Waals surface area contributed by atoms with Gasteiger partial charge in [0.1, 0.15) is 0 Å². The Balaban J connectivity index is 1.09. The number of hydrogen-bond donors (Lipinski definition) is 5. The Kier molecular flexibility index (Phi) is 14.0. The number of carbonyl (C=O) groups excluding carboxylic acids is 2. The fraction of sp³-hybridized carbons (Fsp3) is 0.304. The zero-order valence-electron chi connectivity index (χ0n) is 32.0. The molecule has 1 heterocycles. The zero-order chi connectivity index (χ0) is 39.4. The molecular formula is C46H52N4O6. The maximum atomic E-state index is 12.7. The molecule has 10 nitrogen and oxygen atoms in total. The molecule has 0 unspecified atom stereocenters. The summed E-state index contributed by atoms with van der Waals surface area (Å²) >= 11 is 0. The third kappa shape index (κ3) is 10.9. The summed E-state index contributed by atoms with van der Waals surface area (Å²) in [4.78, 5) is 27.1. The SMILES string of the molecule is C[C@@H]([C@H](O)c1ccccc1)N(C)C[C@H]1C[C@@H](c2ccc(CO)cc2)O[C@@H](c2cccc(-c3cccc(CNC(=O)CCCC(=O)Nc4ccccc4N)c3)c2)O1. The number of nitrogens with zero attached hydrogens (tertiary/aromatic N) is 1. The summed E-state index contributed by atoms with van der Waals surface area (Å²) < 4.78 is 13.3. The summed E-state index contributed by atoms with van der Waals surface area (Å²) in [6.07, 6.45) is -0.253. The van der Waals surface area contributed by atoms with E-state index in [2.05, 4.69) is 27.7 Å². The van der Waals surface area contributed by atoms with Crippen molar-refractivity contribution in [3.05, 3.63) is 155 Å². The van der Waals surface area contributed by atoms with Crippen molar-refractivity contribution < 1.29 is 29.3 Å². The molecule has 5 atom stereocenters. The Morgan fingerprint density at radius 3 is 2.25 bits per heavy atom. The van der Waals surface area contributed by atoms with Gasteiger partial charge in [0.15, 0.2) is 6.29 Å². The van der Waals surface area contributed by atoms with E-state index in [9.17, 15) is 19.8 Å². The molecule has 2 amide bonds. The molecule has 5 aromatic carbocycles. The first-order valence-electron chi connectivity index (χ1n) is 19.2. The van der Waals surface area contributed by atoms with Crippen LogP contribution in [0.2, 0.25) is 0 Å². The van der Waals surface area contributed by atoms with E-state index in [-0.39, 0.29) is 49.5 Å². The summed E-state index contributed by atoms with van der Waals surface area (Å²) in [6.45, 7) is 2.93. The van der Waals surface area contributed by atoms with Gasteiger partial charge in [0, 0.05) is 44.0 Å². The third-order valence-electron chi connectivity index (χ3n) is 10.4. The zero-order valence-corrected chi connectivity index (χ0v) is 32.0. The lowest BCUT2D eigenvalue weighted by Gasteiger charge is -2.39. The minimum Gasteiger partial charge on any atom is -0.397 e. The van der Waals surface area contributed by atoms with E-state index in [1.807, 2.05) is 105 Å². The molecule has 1 saturated heterocycles. The number of hydrogen-bond acceptors (Lipinski definition) is 8. The second-order valence-electron chi connectivity index (χ2n) is 14.5. The van der Waals surface area contributed by atoms with E-state index in [0.29, 0.717) is 37.3 Å². The summed E-state index contributed by atoms with van der Waals surface area (Å²) in [5.41, 5.74) is 13.5. The molecule has 0 aromatic heterocycles. The van der Waals surface area contributed by atoms with Gasteiger partial charge in [-0.05, 0) is 78.0 Å². The number of amides is 2. The van der Waals surface area contributed by atoms with E-state index in [1.165, 1.54) is 0 Å². The van der Waals surface area contributed by atoms with Crippen LogP contribution in [0.1, 0.15) is 78.9 Å². The number of nitrogens with one attached hydrogen (secondary N) is 2. The molecule has 0 spiro atoms. The minimum atomic E-state index is -0.654. The first-order chi connectivity index (χ1) is 27.2. The molecule has 5 aromatic rings. The summed E-state index contributed by atoms with van der Waals surface area (Å²) in [5, 5.41) is 26.6. The lowest BCUT2D eigenvalue weighted by Crippen LogP contribution is -2.43. The smallest absolute Gasteiger partial charge is 0.224 e. The van der Waals surface area contributed by atoms with Crippen LogP contribution in [-0.2, 0) is 32.2 Å². The molecule has 292 valence electrons. The van der Waals surface area contributed by atoms with Gasteiger partial charge in [-0.2, -0.15) is 0 Å². The number of nitrogen functional groups attached to an aromatic ring is 1. The Bertz CT molecular complexity index is 2040. The van der Waals surface area contributed by atoms with Crippen LogP contribution in [0.25, 0.3) is 11.1 Å². The summed E-state index contributed by atoms with van der Waals surface area (Å²) in [7, 11) is 2.01. The maximum Gasteiger partial charge on any atom is 0.224 e. The summed E-state index contributed by atoms with van der Waals surface area (Å²) in [6, 6.07) is 40.6. The van der Waals surface area contributed by atoms with E-state index in [1.54, 1.807) is 24.3 Å². The van der Waals surface area contributed by atoms with Gasteiger partial charge in [0.05, 0.1) is 36.3 Å². The van der Waals surface area contributed by atoms with Crippen molar-refractivity contribution in [1.82, 2.24) is 10.2 Å². The summed E-state index contributed by atoms with van der Waals surface area (Å²) in [5.74, 6) is -0.307. The minimum absolute atomic E-state index is 0.0286. The van der Waals surface area contributed by atoms with Crippen molar-refractivity contribution in [2.24, 2.45) is 0 Å². The second-order valence-corrected chi connectivity index (χ2v) is 14.5. The molecule has 0 aliphatic carbocycles. The molecule has 0 radical (unpaired) electrons. The van der Waals surface area contributed by atoms with Crippen molar-refractivity contribution in [2.45, 2.75) is 76.4 Å². The molecule has 0 bridgehead atoms. The number of benzene rings is 5. The first kappa shape index (κ1) is 40.3. The molecule has 6 N–H and O–H groups in total.